The molecule has 0 N–H and O–H groups in total. The van der Waals surface area contributed by atoms with E-state index < -0.39 is 13.4 Å². The SMILES string of the molecule is CCCCCCCC[P+](C)(C)C.c1ccc([B-](c2ccccc2)(c2ccccc2)c2ccccc2)cc1. The van der Waals surface area contributed by atoms with Crippen LogP contribution in [0.5, 0.6) is 0 Å². The van der Waals surface area contributed by atoms with Crippen LogP contribution in [0.15, 0.2) is 121 Å². The molecule has 0 saturated heterocycles. The largest absolute Gasteiger partial charge is 0.195 e. The Morgan fingerprint density at radius 3 is 1.03 bits per heavy atom. The summed E-state index contributed by atoms with van der Waals surface area (Å²) in [7, 11) is -0.471. The average molecular weight is 509 g/mol. The summed E-state index contributed by atoms with van der Waals surface area (Å²) >= 11 is 0. The van der Waals surface area contributed by atoms with Gasteiger partial charge >= 0.3 is 0 Å². The molecule has 0 heterocycles. The first-order valence-electron chi connectivity index (χ1n) is 14.2. The van der Waals surface area contributed by atoms with Crippen LogP contribution >= 0.6 is 7.26 Å². The van der Waals surface area contributed by atoms with Crippen molar-refractivity contribution in [1.82, 2.24) is 0 Å². The molecule has 0 radical (unpaired) electrons. The minimum atomic E-state index is -1.22. The first-order valence-corrected chi connectivity index (χ1v) is 17.5. The number of hydrogen-bond donors (Lipinski definition) is 0. The topological polar surface area (TPSA) is 0 Å². The van der Waals surface area contributed by atoms with Crippen LogP contribution in [0.25, 0.3) is 0 Å². The molecule has 2 heteroatoms. The van der Waals surface area contributed by atoms with Gasteiger partial charge in [0.1, 0.15) is 6.15 Å². The predicted octanol–water partition coefficient (Wildman–Crippen LogP) is 7.32. The highest BCUT2D eigenvalue weighted by Crippen LogP contribution is 2.47. The summed E-state index contributed by atoms with van der Waals surface area (Å²) in [6.45, 7) is 9.61. The molecule has 0 bridgehead atoms. The van der Waals surface area contributed by atoms with E-state index in [1.54, 1.807) is 0 Å². The Kier molecular flexibility index (Phi) is 11.7. The molecule has 4 aromatic carbocycles. The lowest BCUT2D eigenvalue weighted by atomic mass is 9.13. The van der Waals surface area contributed by atoms with Crippen molar-refractivity contribution in [2.24, 2.45) is 0 Å². The van der Waals surface area contributed by atoms with Gasteiger partial charge in [-0.05, 0) is 12.8 Å². The molecule has 0 amide bonds. The molecular formula is C35H46BP. The molecule has 0 unspecified atom stereocenters. The zero-order valence-corrected chi connectivity index (χ0v) is 24.4. The van der Waals surface area contributed by atoms with Crippen molar-refractivity contribution in [2.75, 3.05) is 26.2 Å². The van der Waals surface area contributed by atoms with E-state index in [9.17, 15) is 0 Å². The van der Waals surface area contributed by atoms with Crippen molar-refractivity contribution in [1.29, 1.82) is 0 Å². The molecule has 0 spiro atoms. The van der Waals surface area contributed by atoms with Crippen LogP contribution in [-0.2, 0) is 0 Å². The normalized spacial score (nSPS) is 11.5. The molecule has 0 saturated carbocycles. The van der Waals surface area contributed by atoms with Crippen LogP contribution in [0.3, 0.4) is 0 Å². The first-order chi connectivity index (χ1) is 18.0. The van der Waals surface area contributed by atoms with Crippen LogP contribution in [0.2, 0.25) is 0 Å². The van der Waals surface area contributed by atoms with Gasteiger partial charge in [-0.25, -0.2) is 0 Å². The van der Waals surface area contributed by atoms with Gasteiger partial charge in [-0.2, -0.15) is 21.9 Å². The highest BCUT2D eigenvalue weighted by Gasteiger charge is 2.31. The molecular weight excluding hydrogens is 462 g/mol. The Morgan fingerprint density at radius 2 is 0.730 bits per heavy atom. The van der Waals surface area contributed by atoms with E-state index in [0.29, 0.717) is 0 Å². The van der Waals surface area contributed by atoms with Crippen LogP contribution in [0, 0.1) is 0 Å². The number of benzene rings is 4. The first kappa shape index (κ1) is 28.9. The molecule has 4 rings (SSSR count). The van der Waals surface area contributed by atoms with Gasteiger partial charge in [-0.3, -0.25) is 0 Å². The van der Waals surface area contributed by atoms with Crippen LogP contribution in [-0.4, -0.2) is 32.3 Å². The average Bonchev–Trinajstić information content (AvgIpc) is 2.93. The predicted molar refractivity (Wildman–Crippen MR) is 173 cm³/mol. The minimum absolute atomic E-state index is 0.471. The van der Waals surface area contributed by atoms with Crippen molar-refractivity contribution in [3.63, 3.8) is 0 Å². The van der Waals surface area contributed by atoms with Gasteiger partial charge in [-0.15, -0.1) is 0 Å². The summed E-state index contributed by atoms with van der Waals surface area (Å²) in [5.41, 5.74) is 5.36. The van der Waals surface area contributed by atoms with E-state index in [4.69, 9.17) is 0 Å². The smallest absolute Gasteiger partial charge is 0.108 e. The van der Waals surface area contributed by atoms with E-state index in [0.717, 1.165) is 0 Å². The molecule has 0 aliphatic heterocycles. The molecule has 0 aromatic heterocycles. The lowest BCUT2D eigenvalue weighted by Crippen LogP contribution is -2.74. The van der Waals surface area contributed by atoms with Crippen molar-refractivity contribution < 1.29 is 0 Å². The standard InChI is InChI=1S/C24H20B.C11H26P/c1-5-13-21(14-6-1)25(22-15-7-2-8-16-22,23-17-9-3-10-18-23)24-19-11-4-12-20-24;1-5-6-7-8-9-10-11-12(2,3)4/h1-20H;5-11H2,1-4H3/q-1;+1. The Labute approximate surface area is 227 Å². The van der Waals surface area contributed by atoms with E-state index in [1.165, 1.54) is 66.5 Å². The van der Waals surface area contributed by atoms with Gasteiger partial charge in [0.15, 0.2) is 0 Å². The summed E-state index contributed by atoms with van der Waals surface area (Å²) in [5.74, 6) is 0. The Morgan fingerprint density at radius 1 is 0.432 bits per heavy atom. The van der Waals surface area contributed by atoms with Crippen molar-refractivity contribution in [3.05, 3.63) is 121 Å². The lowest BCUT2D eigenvalue weighted by Gasteiger charge is -2.44. The molecule has 0 atom stereocenters. The third kappa shape index (κ3) is 8.44. The van der Waals surface area contributed by atoms with Gasteiger partial charge in [0.2, 0.25) is 0 Å². The number of hydrogen-bond acceptors (Lipinski definition) is 0. The summed E-state index contributed by atoms with van der Waals surface area (Å²) < 4.78 is 0. The summed E-state index contributed by atoms with van der Waals surface area (Å²) in [4.78, 5) is 0. The zero-order valence-electron chi connectivity index (χ0n) is 23.5. The van der Waals surface area contributed by atoms with Gasteiger partial charge in [0, 0.05) is 27.3 Å². The molecule has 0 aliphatic rings. The van der Waals surface area contributed by atoms with Crippen molar-refractivity contribution in [2.45, 2.75) is 45.4 Å². The lowest BCUT2D eigenvalue weighted by molar-refractivity contribution is 0.626. The second-order valence-corrected chi connectivity index (χ2v) is 16.3. The van der Waals surface area contributed by atoms with Gasteiger partial charge in [0.05, 0.1) is 6.16 Å². The van der Waals surface area contributed by atoms with E-state index >= 15 is 0 Å². The molecule has 4 aromatic rings. The van der Waals surface area contributed by atoms with E-state index in [2.05, 4.69) is 148 Å². The Bertz CT molecular complexity index is 956. The quantitative estimate of drug-likeness (QED) is 0.113. The van der Waals surface area contributed by atoms with Gasteiger partial charge in [0.25, 0.3) is 0 Å². The fraction of sp³-hybridized carbons (Fsp3) is 0.314. The summed E-state index contributed by atoms with van der Waals surface area (Å²) in [6, 6.07) is 43.5. The summed E-state index contributed by atoms with van der Waals surface area (Å²) in [5, 5.41) is 0. The fourth-order valence-electron chi connectivity index (χ4n) is 5.49. The third-order valence-electron chi connectivity index (χ3n) is 7.38. The van der Waals surface area contributed by atoms with E-state index in [1.807, 2.05) is 0 Å². The zero-order chi connectivity index (χ0) is 26.4. The van der Waals surface area contributed by atoms with Gasteiger partial charge in [-0.1, -0.05) is 154 Å². The number of rotatable bonds is 11. The third-order valence-corrected chi connectivity index (χ3v) is 9.04. The van der Waals surface area contributed by atoms with Crippen LogP contribution < -0.4 is 21.9 Å². The second-order valence-electron chi connectivity index (χ2n) is 11.3. The molecule has 0 fully saturated rings. The monoisotopic (exact) mass is 508 g/mol. The van der Waals surface area contributed by atoms with Crippen LogP contribution in [0.4, 0.5) is 0 Å². The molecule has 0 aliphatic carbocycles. The highest BCUT2D eigenvalue weighted by molar-refractivity contribution is 7.73. The Hall–Kier alpha value is -2.63. The maximum absolute atomic E-state index is 2.44. The molecule has 37 heavy (non-hydrogen) atoms. The fourth-order valence-corrected chi connectivity index (χ4v) is 6.66. The molecule has 194 valence electrons. The van der Waals surface area contributed by atoms with Crippen molar-refractivity contribution >= 4 is 35.3 Å². The second kappa shape index (κ2) is 14.9. The maximum atomic E-state index is 2.44. The van der Waals surface area contributed by atoms with Crippen molar-refractivity contribution in [3.8, 4) is 0 Å². The number of unbranched alkanes of at least 4 members (excludes halogenated alkanes) is 5. The highest BCUT2D eigenvalue weighted by atomic mass is 31.2. The maximum Gasteiger partial charge on any atom is 0.108 e. The van der Waals surface area contributed by atoms with Gasteiger partial charge < -0.3 is 0 Å². The van der Waals surface area contributed by atoms with E-state index in [-0.39, 0.29) is 0 Å². The van der Waals surface area contributed by atoms with Crippen LogP contribution in [0.1, 0.15) is 45.4 Å². The summed E-state index contributed by atoms with van der Waals surface area (Å²) in [6.07, 6.45) is 8.95. The Balaban J connectivity index is 0.000000270. The minimum Gasteiger partial charge on any atom is -0.195 e. The molecule has 0 nitrogen and oxygen atoms in total.